The largest absolute Gasteiger partial charge is 0.325 e. The summed E-state index contributed by atoms with van der Waals surface area (Å²) < 4.78 is 0. The topological polar surface area (TPSA) is 74.3 Å². The van der Waals surface area contributed by atoms with Gasteiger partial charge in [-0.05, 0) is 50.4 Å². The Morgan fingerprint density at radius 1 is 1.20 bits per heavy atom. The van der Waals surface area contributed by atoms with Crippen molar-refractivity contribution in [2.24, 2.45) is 5.92 Å². The molecule has 2 fully saturated rings. The minimum atomic E-state index is -0.808. The molecule has 2 aliphatic rings. The number of piperidine rings is 1. The number of hydrogen-bond donors (Lipinski definition) is 2. The quantitative estimate of drug-likeness (QED) is 0.840. The van der Waals surface area contributed by atoms with E-state index in [-0.39, 0.29) is 24.4 Å². The van der Waals surface area contributed by atoms with Crippen molar-refractivity contribution in [2.45, 2.75) is 31.8 Å². The fourth-order valence-electron chi connectivity index (χ4n) is 4.00. The number of benzene rings is 1. The van der Waals surface area contributed by atoms with Crippen molar-refractivity contribution in [2.75, 3.05) is 13.1 Å². The fraction of sp³-hybridized carbons (Fsp3) is 0.421. The number of pyridine rings is 1. The molecular weight excluding hydrogens is 316 g/mol. The maximum atomic E-state index is 13.1. The second-order valence-corrected chi connectivity index (χ2v) is 7.04. The lowest BCUT2D eigenvalue weighted by Gasteiger charge is -2.34. The second-order valence-electron chi connectivity index (χ2n) is 7.04. The van der Waals surface area contributed by atoms with Gasteiger partial charge in [-0.1, -0.05) is 24.3 Å². The van der Waals surface area contributed by atoms with Gasteiger partial charge in [0.25, 0.3) is 5.91 Å². The molecule has 1 aromatic carbocycles. The Kier molecular flexibility index (Phi) is 3.92. The number of carbonyl (C=O) groups excluding carboxylic acids is 2. The molecule has 130 valence electrons. The number of carbonyl (C=O) groups is 2. The van der Waals surface area contributed by atoms with E-state index in [9.17, 15) is 9.59 Å². The molecule has 0 aliphatic carbocycles. The third-order valence-corrected chi connectivity index (χ3v) is 5.50. The molecule has 2 aromatic rings. The molecule has 3 heterocycles. The highest BCUT2D eigenvalue weighted by Crippen LogP contribution is 2.32. The number of rotatable bonds is 3. The molecule has 6 nitrogen and oxygen atoms in total. The van der Waals surface area contributed by atoms with Crippen molar-refractivity contribution in [1.82, 2.24) is 20.5 Å². The van der Waals surface area contributed by atoms with E-state index in [1.807, 2.05) is 37.3 Å². The van der Waals surface area contributed by atoms with Crippen molar-refractivity contribution >= 4 is 22.8 Å². The number of fused-ring (bicyclic) bond motifs is 1. The van der Waals surface area contributed by atoms with Crippen LogP contribution in [0.4, 0.5) is 4.79 Å². The number of imide groups is 1. The third kappa shape index (κ3) is 2.66. The van der Waals surface area contributed by atoms with Gasteiger partial charge in [-0.3, -0.25) is 14.7 Å². The molecule has 0 spiro atoms. The second kappa shape index (κ2) is 6.11. The van der Waals surface area contributed by atoms with Crippen molar-refractivity contribution in [3.05, 3.63) is 42.1 Å². The van der Waals surface area contributed by atoms with Gasteiger partial charge in [0.15, 0.2) is 0 Å². The summed E-state index contributed by atoms with van der Waals surface area (Å²) in [6.45, 7) is 3.89. The zero-order valence-corrected chi connectivity index (χ0v) is 14.3. The van der Waals surface area contributed by atoms with Gasteiger partial charge in [-0.2, -0.15) is 0 Å². The summed E-state index contributed by atoms with van der Waals surface area (Å²) in [6, 6.07) is 9.40. The van der Waals surface area contributed by atoms with Crippen LogP contribution in [0.2, 0.25) is 0 Å². The Morgan fingerprint density at radius 2 is 1.96 bits per heavy atom. The van der Waals surface area contributed by atoms with E-state index in [1.54, 1.807) is 6.20 Å². The van der Waals surface area contributed by atoms with E-state index in [0.717, 1.165) is 42.4 Å². The average molecular weight is 338 g/mol. The molecule has 3 amide bonds. The van der Waals surface area contributed by atoms with Crippen LogP contribution in [0.3, 0.4) is 0 Å². The lowest BCUT2D eigenvalue weighted by molar-refractivity contribution is -0.133. The number of para-hydroxylation sites is 1. The summed E-state index contributed by atoms with van der Waals surface area (Å²) in [7, 11) is 0. The zero-order valence-electron chi connectivity index (χ0n) is 14.3. The molecule has 1 unspecified atom stereocenters. The number of nitrogens with one attached hydrogen (secondary N) is 2. The standard InChI is InChI=1S/C19H22N4O2/c1-19(15-7-10-20-11-8-15)17(24)23(18(25)22-19)12-14-5-2-4-13-6-3-9-21-16(13)14/h2-6,9,15,20H,7-8,10-12H2,1H3,(H,22,25). The highest BCUT2D eigenvalue weighted by molar-refractivity contribution is 6.07. The average Bonchev–Trinajstić information content (AvgIpc) is 2.87. The molecule has 2 N–H and O–H groups in total. The first-order chi connectivity index (χ1) is 12.1. The lowest BCUT2D eigenvalue weighted by Crippen LogP contribution is -2.53. The van der Waals surface area contributed by atoms with Crippen LogP contribution in [0.5, 0.6) is 0 Å². The first kappa shape index (κ1) is 16.0. The SMILES string of the molecule is CC1(C2CCNCC2)NC(=O)N(Cc2cccc3cccnc23)C1=O. The van der Waals surface area contributed by atoms with Crippen LogP contribution in [-0.2, 0) is 11.3 Å². The van der Waals surface area contributed by atoms with Crippen molar-refractivity contribution in [1.29, 1.82) is 0 Å². The molecule has 0 bridgehead atoms. The van der Waals surface area contributed by atoms with Crippen LogP contribution in [0.15, 0.2) is 36.5 Å². The van der Waals surface area contributed by atoms with Crippen LogP contribution in [0.1, 0.15) is 25.3 Å². The van der Waals surface area contributed by atoms with Crippen molar-refractivity contribution < 1.29 is 9.59 Å². The van der Waals surface area contributed by atoms with Gasteiger partial charge in [0, 0.05) is 11.6 Å². The molecule has 2 saturated heterocycles. The summed E-state index contributed by atoms with van der Waals surface area (Å²) >= 11 is 0. The maximum absolute atomic E-state index is 13.1. The summed E-state index contributed by atoms with van der Waals surface area (Å²) in [6.07, 6.45) is 3.52. The number of nitrogens with zero attached hydrogens (tertiary/aromatic N) is 2. The number of amides is 3. The van der Waals surface area contributed by atoms with E-state index in [4.69, 9.17) is 0 Å². The monoisotopic (exact) mass is 338 g/mol. The van der Waals surface area contributed by atoms with E-state index in [2.05, 4.69) is 15.6 Å². The highest BCUT2D eigenvalue weighted by Gasteiger charge is 2.52. The summed E-state index contributed by atoms with van der Waals surface area (Å²) in [5.41, 5.74) is 0.911. The molecule has 0 radical (unpaired) electrons. The molecular formula is C19H22N4O2. The Hall–Kier alpha value is -2.47. The fourth-order valence-corrected chi connectivity index (χ4v) is 4.00. The Labute approximate surface area is 146 Å². The van der Waals surface area contributed by atoms with E-state index >= 15 is 0 Å². The molecule has 2 aliphatic heterocycles. The van der Waals surface area contributed by atoms with Gasteiger partial charge in [0.1, 0.15) is 5.54 Å². The first-order valence-corrected chi connectivity index (χ1v) is 8.77. The lowest BCUT2D eigenvalue weighted by atomic mass is 9.79. The van der Waals surface area contributed by atoms with Gasteiger partial charge < -0.3 is 10.6 Å². The number of urea groups is 1. The molecule has 4 rings (SSSR count). The summed E-state index contributed by atoms with van der Waals surface area (Å²) in [5, 5.41) is 7.27. The van der Waals surface area contributed by atoms with Crippen LogP contribution >= 0.6 is 0 Å². The third-order valence-electron chi connectivity index (χ3n) is 5.50. The van der Waals surface area contributed by atoms with Gasteiger partial charge in [0.2, 0.25) is 0 Å². The molecule has 1 aromatic heterocycles. The molecule has 1 atom stereocenters. The van der Waals surface area contributed by atoms with Crippen molar-refractivity contribution in [3.63, 3.8) is 0 Å². The van der Waals surface area contributed by atoms with Gasteiger partial charge in [-0.15, -0.1) is 0 Å². The van der Waals surface area contributed by atoms with Gasteiger partial charge in [-0.25, -0.2) is 4.79 Å². The molecule has 25 heavy (non-hydrogen) atoms. The zero-order chi connectivity index (χ0) is 17.4. The highest BCUT2D eigenvalue weighted by atomic mass is 16.2. The predicted octanol–water partition coefficient (Wildman–Crippen LogP) is 2.04. The van der Waals surface area contributed by atoms with Crippen LogP contribution in [0.25, 0.3) is 10.9 Å². The van der Waals surface area contributed by atoms with Gasteiger partial charge >= 0.3 is 6.03 Å². The molecule has 6 heteroatoms. The van der Waals surface area contributed by atoms with E-state index in [1.165, 1.54) is 4.90 Å². The normalized spacial score (nSPS) is 24.8. The summed E-state index contributed by atoms with van der Waals surface area (Å²) in [4.78, 5) is 31.4. The number of aromatic nitrogens is 1. The Bertz CT molecular complexity index is 826. The van der Waals surface area contributed by atoms with Crippen LogP contribution in [-0.4, -0.2) is 40.5 Å². The first-order valence-electron chi connectivity index (χ1n) is 8.77. The smallest absolute Gasteiger partial charge is 0.323 e. The van der Waals surface area contributed by atoms with Crippen LogP contribution in [0, 0.1) is 5.92 Å². The predicted molar refractivity (Wildman–Crippen MR) is 94.8 cm³/mol. The maximum Gasteiger partial charge on any atom is 0.325 e. The number of hydrogen-bond acceptors (Lipinski definition) is 4. The van der Waals surface area contributed by atoms with E-state index < -0.39 is 5.54 Å². The van der Waals surface area contributed by atoms with Gasteiger partial charge in [0.05, 0.1) is 12.1 Å². The van der Waals surface area contributed by atoms with Crippen molar-refractivity contribution in [3.8, 4) is 0 Å². The summed E-state index contributed by atoms with van der Waals surface area (Å²) in [5.74, 6) is 0.0400. The Morgan fingerprint density at radius 3 is 2.76 bits per heavy atom. The van der Waals surface area contributed by atoms with Crippen LogP contribution < -0.4 is 10.6 Å². The molecule has 0 saturated carbocycles. The minimum Gasteiger partial charge on any atom is -0.323 e. The minimum absolute atomic E-state index is 0.127. The Balaban J connectivity index is 1.62. The van der Waals surface area contributed by atoms with E-state index in [0.29, 0.717) is 0 Å².